The normalized spacial score (nSPS) is 18.1. The highest BCUT2D eigenvalue weighted by Crippen LogP contribution is 2.18. The summed E-state index contributed by atoms with van der Waals surface area (Å²) in [6, 6.07) is 7.36. The van der Waals surface area contributed by atoms with Gasteiger partial charge in [0.2, 0.25) is 5.91 Å². The van der Waals surface area contributed by atoms with Crippen LogP contribution in [0.25, 0.3) is 10.9 Å². The Balaban J connectivity index is 1.89. The molecule has 1 aliphatic heterocycles. The van der Waals surface area contributed by atoms with Crippen molar-refractivity contribution in [2.45, 2.75) is 32.7 Å². The molecule has 1 fully saturated rings. The quantitative estimate of drug-likeness (QED) is 0.889. The van der Waals surface area contributed by atoms with E-state index in [1.807, 2.05) is 38.1 Å². The summed E-state index contributed by atoms with van der Waals surface area (Å²) in [5.41, 5.74) is 3.19. The maximum atomic E-state index is 12.5. The molecule has 5 heteroatoms. The van der Waals surface area contributed by atoms with E-state index in [1.165, 1.54) is 0 Å². The molecule has 1 aromatic heterocycles. The first-order chi connectivity index (χ1) is 10.5. The molecule has 0 bridgehead atoms. The molecule has 2 amide bonds. The fraction of sp³-hybridized carbons (Fsp3) is 0.353. The van der Waals surface area contributed by atoms with Crippen LogP contribution in [0.2, 0.25) is 0 Å². The molecule has 2 aromatic rings. The van der Waals surface area contributed by atoms with Crippen LogP contribution < -0.4 is 10.6 Å². The van der Waals surface area contributed by atoms with Crippen LogP contribution in [0.5, 0.6) is 0 Å². The van der Waals surface area contributed by atoms with Crippen molar-refractivity contribution in [3.05, 3.63) is 41.1 Å². The number of pyridine rings is 1. The number of piperidine rings is 1. The SMILES string of the molecule is Cc1ccc2nc(C)c(C(=O)NC3CCCNC3=O)cc2c1. The zero-order valence-corrected chi connectivity index (χ0v) is 12.8. The summed E-state index contributed by atoms with van der Waals surface area (Å²) in [6.07, 6.45) is 1.56. The van der Waals surface area contributed by atoms with E-state index in [2.05, 4.69) is 15.6 Å². The van der Waals surface area contributed by atoms with Crippen LogP contribution in [0.1, 0.15) is 34.5 Å². The predicted molar refractivity (Wildman–Crippen MR) is 84.7 cm³/mol. The van der Waals surface area contributed by atoms with Gasteiger partial charge in [-0.2, -0.15) is 0 Å². The molecule has 22 heavy (non-hydrogen) atoms. The van der Waals surface area contributed by atoms with E-state index in [1.54, 1.807) is 0 Å². The molecule has 2 heterocycles. The van der Waals surface area contributed by atoms with E-state index in [0.717, 1.165) is 22.9 Å². The van der Waals surface area contributed by atoms with E-state index in [9.17, 15) is 9.59 Å². The third-order valence-corrected chi connectivity index (χ3v) is 4.00. The number of nitrogens with zero attached hydrogens (tertiary/aromatic N) is 1. The number of carbonyl (C=O) groups is 2. The van der Waals surface area contributed by atoms with Crippen LogP contribution in [0.4, 0.5) is 0 Å². The minimum atomic E-state index is -0.450. The van der Waals surface area contributed by atoms with E-state index in [0.29, 0.717) is 24.2 Å². The fourth-order valence-electron chi connectivity index (χ4n) is 2.77. The summed E-state index contributed by atoms with van der Waals surface area (Å²) in [5, 5.41) is 6.52. The largest absolute Gasteiger partial charge is 0.354 e. The molecule has 0 spiro atoms. The van der Waals surface area contributed by atoms with Gasteiger partial charge < -0.3 is 10.6 Å². The zero-order chi connectivity index (χ0) is 15.7. The second-order valence-electron chi connectivity index (χ2n) is 5.78. The van der Waals surface area contributed by atoms with Gasteiger partial charge in [0.25, 0.3) is 5.91 Å². The van der Waals surface area contributed by atoms with Gasteiger partial charge in [0, 0.05) is 11.9 Å². The third kappa shape index (κ3) is 2.79. The summed E-state index contributed by atoms with van der Waals surface area (Å²) in [6.45, 7) is 4.50. The Bertz CT molecular complexity index is 755. The lowest BCUT2D eigenvalue weighted by Crippen LogP contribution is -2.50. The van der Waals surface area contributed by atoms with Crippen molar-refractivity contribution < 1.29 is 9.59 Å². The minimum Gasteiger partial charge on any atom is -0.354 e. The van der Waals surface area contributed by atoms with Crippen LogP contribution in [-0.2, 0) is 4.79 Å². The average Bonchev–Trinajstić information content (AvgIpc) is 2.49. The van der Waals surface area contributed by atoms with Crippen molar-refractivity contribution in [1.82, 2.24) is 15.6 Å². The number of benzene rings is 1. The predicted octanol–water partition coefficient (Wildman–Crippen LogP) is 1.86. The van der Waals surface area contributed by atoms with Crippen LogP contribution in [0, 0.1) is 13.8 Å². The highest BCUT2D eigenvalue weighted by molar-refractivity contribution is 6.01. The van der Waals surface area contributed by atoms with Gasteiger partial charge in [-0.1, -0.05) is 11.6 Å². The molecule has 3 rings (SSSR count). The topological polar surface area (TPSA) is 71.1 Å². The van der Waals surface area contributed by atoms with Gasteiger partial charge in [0.05, 0.1) is 16.8 Å². The van der Waals surface area contributed by atoms with Crippen LogP contribution in [0.3, 0.4) is 0 Å². The summed E-state index contributed by atoms with van der Waals surface area (Å²) in [7, 11) is 0. The van der Waals surface area contributed by atoms with Crippen LogP contribution in [0.15, 0.2) is 24.3 Å². The average molecular weight is 297 g/mol. The van der Waals surface area contributed by atoms with Crippen molar-refractivity contribution in [2.75, 3.05) is 6.54 Å². The number of hydrogen-bond donors (Lipinski definition) is 2. The van der Waals surface area contributed by atoms with Crippen molar-refractivity contribution in [3.63, 3.8) is 0 Å². The second kappa shape index (κ2) is 5.75. The molecule has 0 radical (unpaired) electrons. The lowest BCUT2D eigenvalue weighted by Gasteiger charge is -2.23. The molecule has 114 valence electrons. The molecule has 1 saturated heterocycles. The van der Waals surface area contributed by atoms with E-state index in [4.69, 9.17) is 0 Å². The van der Waals surface area contributed by atoms with Gasteiger partial charge in [-0.25, -0.2) is 0 Å². The Labute approximate surface area is 129 Å². The van der Waals surface area contributed by atoms with Gasteiger partial charge in [-0.3, -0.25) is 14.6 Å². The molecular weight excluding hydrogens is 278 g/mol. The lowest BCUT2D eigenvalue weighted by atomic mass is 10.0. The lowest BCUT2D eigenvalue weighted by molar-refractivity contribution is -0.124. The maximum absolute atomic E-state index is 12.5. The fourth-order valence-corrected chi connectivity index (χ4v) is 2.77. The second-order valence-corrected chi connectivity index (χ2v) is 5.78. The molecule has 1 aliphatic rings. The third-order valence-electron chi connectivity index (χ3n) is 4.00. The highest BCUT2D eigenvalue weighted by Gasteiger charge is 2.24. The number of fused-ring (bicyclic) bond motifs is 1. The van der Waals surface area contributed by atoms with Crippen LogP contribution in [-0.4, -0.2) is 29.4 Å². The number of aryl methyl sites for hydroxylation is 2. The molecule has 1 aromatic carbocycles. The maximum Gasteiger partial charge on any atom is 0.253 e. The molecule has 5 nitrogen and oxygen atoms in total. The van der Waals surface area contributed by atoms with Gasteiger partial charge in [0.15, 0.2) is 0 Å². The molecule has 1 unspecified atom stereocenters. The van der Waals surface area contributed by atoms with Gasteiger partial charge in [-0.05, 0) is 44.9 Å². The van der Waals surface area contributed by atoms with E-state index < -0.39 is 6.04 Å². The Hall–Kier alpha value is -2.43. The highest BCUT2D eigenvalue weighted by atomic mass is 16.2. The molecule has 0 saturated carbocycles. The van der Waals surface area contributed by atoms with Crippen molar-refractivity contribution in [2.24, 2.45) is 0 Å². The number of hydrogen-bond acceptors (Lipinski definition) is 3. The number of amides is 2. The first kappa shape index (κ1) is 14.5. The number of nitrogens with one attached hydrogen (secondary N) is 2. The van der Waals surface area contributed by atoms with E-state index >= 15 is 0 Å². The number of aromatic nitrogens is 1. The Morgan fingerprint density at radius 3 is 2.91 bits per heavy atom. The number of carbonyl (C=O) groups excluding carboxylic acids is 2. The Kier molecular flexibility index (Phi) is 3.79. The van der Waals surface area contributed by atoms with Crippen LogP contribution >= 0.6 is 0 Å². The minimum absolute atomic E-state index is 0.109. The van der Waals surface area contributed by atoms with Crippen molar-refractivity contribution in [1.29, 1.82) is 0 Å². The summed E-state index contributed by atoms with van der Waals surface area (Å²) < 4.78 is 0. The summed E-state index contributed by atoms with van der Waals surface area (Å²) in [4.78, 5) is 28.7. The molecule has 1 atom stereocenters. The van der Waals surface area contributed by atoms with Gasteiger partial charge >= 0.3 is 0 Å². The first-order valence-electron chi connectivity index (χ1n) is 7.51. The monoisotopic (exact) mass is 297 g/mol. The van der Waals surface area contributed by atoms with E-state index in [-0.39, 0.29) is 11.8 Å². The van der Waals surface area contributed by atoms with Gasteiger partial charge in [-0.15, -0.1) is 0 Å². The summed E-state index contributed by atoms with van der Waals surface area (Å²) >= 11 is 0. The Morgan fingerprint density at radius 1 is 1.32 bits per heavy atom. The molecular formula is C17H19N3O2. The van der Waals surface area contributed by atoms with Crippen molar-refractivity contribution >= 4 is 22.7 Å². The van der Waals surface area contributed by atoms with Crippen molar-refractivity contribution in [3.8, 4) is 0 Å². The van der Waals surface area contributed by atoms with Gasteiger partial charge in [0.1, 0.15) is 6.04 Å². The summed E-state index contributed by atoms with van der Waals surface area (Å²) in [5.74, 6) is -0.350. The molecule has 2 N–H and O–H groups in total. The first-order valence-corrected chi connectivity index (χ1v) is 7.51. The molecule has 0 aliphatic carbocycles. The zero-order valence-electron chi connectivity index (χ0n) is 12.8. The number of rotatable bonds is 2. The Morgan fingerprint density at radius 2 is 2.14 bits per heavy atom. The smallest absolute Gasteiger partial charge is 0.253 e. The standard InChI is InChI=1S/C17H19N3O2/c1-10-5-6-14-12(8-10)9-13(11(2)19-14)16(21)20-15-4-3-7-18-17(15)22/h5-6,8-9,15H,3-4,7H2,1-2H3,(H,18,22)(H,20,21).